The highest BCUT2D eigenvalue weighted by Crippen LogP contribution is 2.30. The third-order valence-electron chi connectivity index (χ3n) is 6.81. The van der Waals surface area contributed by atoms with E-state index in [1.54, 1.807) is 0 Å². The highest BCUT2D eigenvalue weighted by Gasteiger charge is 2.22. The fourth-order valence-electron chi connectivity index (χ4n) is 4.83. The van der Waals surface area contributed by atoms with E-state index in [-0.39, 0.29) is 5.91 Å². The number of nitrogens with zero attached hydrogens (tertiary/aromatic N) is 3. The van der Waals surface area contributed by atoms with E-state index in [9.17, 15) is 4.79 Å². The summed E-state index contributed by atoms with van der Waals surface area (Å²) in [5, 5.41) is 3.11. The van der Waals surface area contributed by atoms with Gasteiger partial charge in [-0.3, -0.25) is 14.6 Å². The van der Waals surface area contributed by atoms with Crippen LogP contribution in [0.2, 0.25) is 0 Å². The highest BCUT2D eigenvalue weighted by atomic mass is 16.2. The molecule has 2 heterocycles. The molecule has 0 spiro atoms. The number of anilines is 1. The van der Waals surface area contributed by atoms with E-state index < -0.39 is 0 Å². The van der Waals surface area contributed by atoms with E-state index in [4.69, 9.17) is 4.98 Å². The largest absolute Gasteiger partial charge is 0.340 e. The number of aromatic amines is 1. The number of aryl methyl sites for hydroxylation is 2. The van der Waals surface area contributed by atoms with Gasteiger partial charge in [0.25, 0.3) is 0 Å². The minimum atomic E-state index is 0.0480. The van der Waals surface area contributed by atoms with Crippen molar-refractivity contribution < 1.29 is 4.79 Å². The Hall–Kier alpha value is -3.74. The monoisotopic (exact) mass is 479 g/mol. The van der Waals surface area contributed by atoms with Crippen molar-refractivity contribution in [1.82, 2.24) is 19.8 Å². The van der Waals surface area contributed by atoms with Gasteiger partial charge in [0.15, 0.2) is 0 Å². The number of imidazole rings is 1. The maximum Gasteiger partial charge on any atom is 0.238 e. The van der Waals surface area contributed by atoms with Crippen LogP contribution in [0.3, 0.4) is 0 Å². The van der Waals surface area contributed by atoms with Gasteiger partial charge in [-0.2, -0.15) is 0 Å². The molecule has 1 saturated heterocycles. The number of aromatic nitrogens is 2. The summed E-state index contributed by atoms with van der Waals surface area (Å²) in [4.78, 5) is 25.9. The molecule has 1 aliphatic rings. The standard InChI is InChI=1S/C30H33N5O/c1-22-10-9-11-23(2)28(22)33-27(36)21-35-18-16-34(17-19-35)20-26-31-29(24-12-5-3-6-13-24)30(32-26)25-14-7-4-8-15-25/h3-15H,16-21H2,1-2H3,(H,31,32)(H,33,36). The maximum atomic E-state index is 12.7. The number of carbonyl (C=O) groups is 1. The molecule has 0 aliphatic carbocycles. The van der Waals surface area contributed by atoms with Crippen molar-refractivity contribution in [1.29, 1.82) is 0 Å². The van der Waals surface area contributed by atoms with Gasteiger partial charge in [-0.05, 0) is 25.0 Å². The summed E-state index contributed by atoms with van der Waals surface area (Å²) in [5.74, 6) is 1.01. The lowest BCUT2D eigenvalue weighted by molar-refractivity contribution is -0.117. The van der Waals surface area contributed by atoms with Gasteiger partial charge in [0, 0.05) is 43.0 Å². The van der Waals surface area contributed by atoms with Crippen LogP contribution in [0.4, 0.5) is 5.69 Å². The second kappa shape index (κ2) is 10.9. The van der Waals surface area contributed by atoms with E-state index >= 15 is 0 Å². The molecule has 184 valence electrons. The number of carbonyl (C=O) groups excluding carboxylic acids is 1. The van der Waals surface area contributed by atoms with Crippen molar-refractivity contribution in [3.05, 3.63) is 95.8 Å². The van der Waals surface area contributed by atoms with E-state index in [0.717, 1.165) is 77.9 Å². The summed E-state index contributed by atoms with van der Waals surface area (Å²) >= 11 is 0. The number of amides is 1. The predicted octanol–water partition coefficient (Wildman–Crippen LogP) is 5.12. The molecule has 5 rings (SSSR count). The Kier molecular flexibility index (Phi) is 7.26. The van der Waals surface area contributed by atoms with Crippen molar-refractivity contribution in [3.63, 3.8) is 0 Å². The molecule has 4 aromatic rings. The van der Waals surface area contributed by atoms with Crippen LogP contribution in [-0.2, 0) is 11.3 Å². The van der Waals surface area contributed by atoms with Crippen LogP contribution in [0, 0.1) is 13.8 Å². The van der Waals surface area contributed by atoms with Gasteiger partial charge in [0.1, 0.15) is 5.82 Å². The Morgan fingerprint density at radius 3 is 2.03 bits per heavy atom. The van der Waals surface area contributed by atoms with Crippen LogP contribution in [0.1, 0.15) is 17.0 Å². The number of benzene rings is 3. The Morgan fingerprint density at radius 1 is 0.806 bits per heavy atom. The lowest BCUT2D eigenvalue weighted by atomic mass is 10.1. The SMILES string of the molecule is Cc1cccc(C)c1NC(=O)CN1CCN(Cc2nc(-c3ccccc3)c(-c3ccccc3)[nH]2)CC1. The van der Waals surface area contributed by atoms with E-state index in [1.165, 1.54) is 0 Å². The highest BCUT2D eigenvalue weighted by molar-refractivity contribution is 5.93. The Balaban J connectivity index is 1.21. The molecule has 1 aromatic heterocycles. The predicted molar refractivity (Wildman–Crippen MR) is 146 cm³/mol. The van der Waals surface area contributed by atoms with Crippen LogP contribution in [-0.4, -0.2) is 58.4 Å². The number of H-pyrrole nitrogens is 1. The zero-order valence-corrected chi connectivity index (χ0v) is 21.0. The average molecular weight is 480 g/mol. The van der Waals surface area contributed by atoms with Gasteiger partial charge < -0.3 is 10.3 Å². The van der Waals surface area contributed by atoms with Gasteiger partial charge in [0.05, 0.1) is 24.5 Å². The maximum absolute atomic E-state index is 12.7. The minimum Gasteiger partial charge on any atom is -0.340 e. The van der Waals surface area contributed by atoms with Gasteiger partial charge in [-0.25, -0.2) is 4.98 Å². The molecule has 3 aromatic carbocycles. The molecule has 0 atom stereocenters. The summed E-state index contributed by atoms with van der Waals surface area (Å²) in [6, 6.07) is 26.8. The van der Waals surface area contributed by atoms with Crippen LogP contribution < -0.4 is 5.32 Å². The van der Waals surface area contributed by atoms with Crippen LogP contribution in [0.15, 0.2) is 78.9 Å². The first-order valence-electron chi connectivity index (χ1n) is 12.6. The second-order valence-electron chi connectivity index (χ2n) is 9.51. The number of hydrogen-bond donors (Lipinski definition) is 2. The summed E-state index contributed by atoms with van der Waals surface area (Å²) in [6.45, 7) is 8.76. The molecule has 1 fully saturated rings. The molecule has 6 heteroatoms. The lowest BCUT2D eigenvalue weighted by Gasteiger charge is -2.33. The molecule has 0 saturated carbocycles. The summed E-state index contributed by atoms with van der Waals surface area (Å²) in [6.07, 6.45) is 0. The molecule has 36 heavy (non-hydrogen) atoms. The van der Waals surface area contributed by atoms with Crippen LogP contribution >= 0.6 is 0 Å². The van der Waals surface area contributed by atoms with Gasteiger partial charge in [0.2, 0.25) is 5.91 Å². The quantitative estimate of drug-likeness (QED) is 0.386. The second-order valence-corrected chi connectivity index (χ2v) is 9.51. The number of para-hydroxylation sites is 1. The van der Waals surface area contributed by atoms with Gasteiger partial charge in [-0.1, -0.05) is 78.9 Å². The van der Waals surface area contributed by atoms with E-state index in [0.29, 0.717) is 6.54 Å². The smallest absolute Gasteiger partial charge is 0.238 e. The summed E-state index contributed by atoms with van der Waals surface area (Å²) < 4.78 is 0. The van der Waals surface area contributed by atoms with Crippen molar-refractivity contribution in [3.8, 4) is 22.5 Å². The van der Waals surface area contributed by atoms with Crippen molar-refractivity contribution in [2.45, 2.75) is 20.4 Å². The van der Waals surface area contributed by atoms with E-state index in [2.05, 4.69) is 56.5 Å². The third kappa shape index (κ3) is 5.56. The summed E-state index contributed by atoms with van der Waals surface area (Å²) in [7, 11) is 0. The molecular weight excluding hydrogens is 446 g/mol. The molecule has 0 bridgehead atoms. The average Bonchev–Trinajstić information content (AvgIpc) is 3.32. The minimum absolute atomic E-state index is 0.0480. The Bertz CT molecular complexity index is 1230. The zero-order valence-electron chi connectivity index (χ0n) is 21.0. The fraction of sp³-hybridized carbons (Fsp3) is 0.267. The molecule has 1 aliphatic heterocycles. The van der Waals surface area contributed by atoms with Gasteiger partial charge in [-0.15, -0.1) is 0 Å². The first-order chi connectivity index (χ1) is 17.6. The van der Waals surface area contributed by atoms with Gasteiger partial charge >= 0.3 is 0 Å². The molecule has 6 nitrogen and oxygen atoms in total. The molecule has 0 unspecified atom stereocenters. The van der Waals surface area contributed by atoms with Crippen LogP contribution in [0.5, 0.6) is 0 Å². The summed E-state index contributed by atoms with van der Waals surface area (Å²) in [5.41, 5.74) is 7.40. The fourth-order valence-corrected chi connectivity index (χ4v) is 4.83. The molecule has 1 amide bonds. The number of rotatable bonds is 7. The zero-order chi connectivity index (χ0) is 24.9. The van der Waals surface area contributed by atoms with Crippen molar-refractivity contribution >= 4 is 11.6 Å². The molecular formula is C30H33N5O. The normalized spacial score (nSPS) is 14.6. The van der Waals surface area contributed by atoms with Crippen molar-refractivity contribution in [2.75, 3.05) is 38.0 Å². The topological polar surface area (TPSA) is 64.3 Å². The van der Waals surface area contributed by atoms with E-state index in [1.807, 2.05) is 56.3 Å². The molecule has 0 radical (unpaired) electrons. The third-order valence-corrected chi connectivity index (χ3v) is 6.81. The van der Waals surface area contributed by atoms with Crippen molar-refractivity contribution in [2.24, 2.45) is 0 Å². The first kappa shape index (κ1) is 24.0. The number of nitrogens with one attached hydrogen (secondary N) is 2. The Labute approximate surface area is 213 Å². The first-order valence-corrected chi connectivity index (χ1v) is 12.6. The molecule has 2 N–H and O–H groups in total. The number of hydrogen-bond acceptors (Lipinski definition) is 4. The number of piperazine rings is 1. The van der Waals surface area contributed by atoms with Crippen LogP contribution in [0.25, 0.3) is 22.5 Å². The lowest BCUT2D eigenvalue weighted by Crippen LogP contribution is -2.48. The Morgan fingerprint density at radius 2 is 1.39 bits per heavy atom.